The van der Waals surface area contributed by atoms with Gasteiger partial charge in [0.2, 0.25) is 0 Å². The number of aryl methyl sites for hydroxylation is 1. The Kier molecular flexibility index (Phi) is 3.72. The van der Waals surface area contributed by atoms with Crippen LogP contribution in [-0.2, 0) is 24.9 Å². The van der Waals surface area contributed by atoms with Gasteiger partial charge in [0, 0.05) is 20.7 Å². The molecule has 8 heteroatoms. The minimum absolute atomic E-state index is 0.318. The van der Waals surface area contributed by atoms with Crippen molar-refractivity contribution in [2.24, 2.45) is 7.05 Å². The third-order valence-electron chi connectivity index (χ3n) is 3.10. The monoisotopic (exact) mass is 284 g/mol. The molecule has 104 valence electrons. The zero-order chi connectivity index (χ0) is 14.2. The largest absolute Gasteiger partial charge is 0.383 e. The Morgan fingerprint density at radius 3 is 2.58 bits per heavy atom. The Balaban J connectivity index is 2.93. The predicted molar refractivity (Wildman–Crippen MR) is 74.2 cm³/mol. The number of H-pyrrole nitrogens is 1. The molecule has 0 bridgehead atoms. The van der Waals surface area contributed by atoms with E-state index < -0.39 is 0 Å². The number of imidazole rings is 1. The highest BCUT2D eigenvalue weighted by Crippen LogP contribution is 2.06. The van der Waals surface area contributed by atoms with Gasteiger partial charge in [-0.1, -0.05) is 0 Å². The van der Waals surface area contributed by atoms with Crippen LogP contribution in [0, 0.1) is 4.77 Å². The molecule has 0 radical (unpaired) electrons. The molecule has 7 nitrogen and oxygen atoms in total. The highest BCUT2D eigenvalue weighted by molar-refractivity contribution is 7.71. The lowest BCUT2D eigenvalue weighted by Gasteiger charge is -2.10. The van der Waals surface area contributed by atoms with E-state index in [1.807, 2.05) is 0 Å². The summed E-state index contributed by atoms with van der Waals surface area (Å²) in [7, 11) is 3.26. The zero-order valence-electron chi connectivity index (χ0n) is 11.1. The molecule has 19 heavy (non-hydrogen) atoms. The van der Waals surface area contributed by atoms with Crippen molar-refractivity contribution >= 4 is 23.4 Å². The molecule has 0 atom stereocenters. The number of hydrogen-bond acceptors (Lipinski definition) is 4. The topological polar surface area (TPSA) is 73.9 Å². The van der Waals surface area contributed by atoms with Crippen molar-refractivity contribution in [2.75, 3.05) is 13.7 Å². The maximum atomic E-state index is 12.3. The fraction of sp³-hybridized carbons (Fsp3) is 0.545. The first-order chi connectivity index (χ1) is 9.02. The van der Waals surface area contributed by atoms with Gasteiger partial charge in [0.05, 0.1) is 13.2 Å². The lowest BCUT2D eigenvalue weighted by Crippen LogP contribution is -2.40. The Morgan fingerprint density at radius 1 is 1.32 bits per heavy atom. The maximum Gasteiger partial charge on any atom is 0.332 e. The second kappa shape index (κ2) is 5.14. The highest BCUT2D eigenvalue weighted by atomic mass is 32.1. The lowest BCUT2D eigenvalue weighted by atomic mass is 10.4. The van der Waals surface area contributed by atoms with Crippen molar-refractivity contribution < 1.29 is 4.74 Å². The van der Waals surface area contributed by atoms with Crippen LogP contribution < -0.4 is 11.2 Å². The van der Waals surface area contributed by atoms with E-state index in [9.17, 15) is 9.59 Å². The number of methoxy groups -OCH3 is 1. The van der Waals surface area contributed by atoms with E-state index >= 15 is 0 Å². The molecule has 0 aliphatic heterocycles. The molecular formula is C11H16N4O3S. The summed E-state index contributed by atoms with van der Waals surface area (Å²) in [6.07, 6.45) is 0. The fourth-order valence-corrected chi connectivity index (χ4v) is 2.26. The molecule has 2 rings (SSSR count). The molecule has 0 aliphatic carbocycles. The van der Waals surface area contributed by atoms with Crippen LogP contribution in [0.25, 0.3) is 11.2 Å². The van der Waals surface area contributed by atoms with Gasteiger partial charge >= 0.3 is 5.69 Å². The van der Waals surface area contributed by atoms with Crippen molar-refractivity contribution in [1.82, 2.24) is 18.7 Å². The second-order valence-corrected chi connectivity index (χ2v) is 4.55. The van der Waals surface area contributed by atoms with Crippen LogP contribution in [0.3, 0.4) is 0 Å². The summed E-state index contributed by atoms with van der Waals surface area (Å²) in [6.45, 7) is 2.82. The summed E-state index contributed by atoms with van der Waals surface area (Å²) in [6, 6.07) is 0. The number of rotatable bonds is 4. The maximum absolute atomic E-state index is 12.3. The Hall–Kier alpha value is -1.67. The molecular weight excluding hydrogens is 268 g/mol. The molecule has 0 fully saturated rings. The van der Waals surface area contributed by atoms with E-state index in [2.05, 4.69) is 4.98 Å². The number of aromatic amines is 1. The number of hydrogen-bond donors (Lipinski definition) is 1. The summed E-state index contributed by atoms with van der Waals surface area (Å²) in [5, 5.41) is 0. The number of nitrogens with zero attached hydrogens (tertiary/aromatic N) is 3. The third-order valence-corrected chi connectivity index (χ3v) is 3.48. The summed E-state index contributed by atoms with van der Waals surface area (Å²) in [5.74, 6) is 0. The van der Waals surface area contributed by atoms with Gasteiger partial charge in [0.25, 0.3) is 5.56 Å². The first-order valence-corrected chi connectivity index (χ1v) is 6.35. The molecule has 0 saturated heterocycles. The van der Waals surface area contributed by atoms with E-state index in [4.69, 9.17) is 17.0 Å². The molecule has 1 N–H and O–H groups in total. The third kappa shape index (κ3) is 2.06. The van der Waals surface area contributed by atoms with Crippen LogP contribution in [0.15, 0.2) is 9.59 Å². The standard InChI is InChI=1S/C11H16N4O3S/c1-4-14-9(16)7-8(12-10(19)13(7)2)15(11(14)17)5-6-18-3/h4-6H2,1-3H3,(H,12,19). The smallest absolute Gasteiger partial charge is 0.332 e. The van der Waals surface area contributed by atoms with Crippen molar-refractivity contribution in [3.8, 4) is 0 Å². The van der Waals surface area contributed by atoms with Crippen molar-refractivity contribution in [1.29, 1.82) is 0 Å². The van der Waals surface area contributed by atoms with Crippen LogP contribution in [0.2, 0.25) is 0 Å². The average molecular weight is 284 g/mol. The Bertz CT molecular complexity index is 780. The van der Waals surface area contributed by atoms with Crippen molar-refractivity contribution in [2.45, 2.75) is 20.0 Å². The molecule has 2 aromatic heterocycles. The van der Waals surface area contributed by atoms with Gasteiger partial charge in [-0.25, -0.2) is 4.79 Å². The summed E-state index contributed by atoms with van der Waals surface area (Å²) < 4.78 is 9.67. The minimum Gasteiger partial charge on any atom is -0.383 e. The van der Waals surface area contributed by atoms with Gasteiger partial charge in [-0.05, 0) is 19.1 Å². The van der Waals surface area contributed by atoms with Crippen molar-refractivity contribution in [3.05, 3.63) is 25.6 Å². The van der Waals surface area contributed by atoms with E-state index in [-0.39, 0.29) is 11.2 Å². The molecule has 2 aromatic rings. The van der Waals surface area contributed by atoms with Crippen LogP contribution >= 0.6 is 12.2 Å². The van der Waals surface area contributed by atoms with Crippen LogP contribution in [0.4, 0.5) is 0 Å². The number of ether oxygens (including phenoxy) is 1. The highest BCUT2D eigenvalue weighted by Gasteiger charge is 2.15. The first-order valence-electron chi connectivity index (χ1n) is 5.94. The molecule has 0 spiro atoms. The van der Waals surface area contributed by atoms with Gasteiger partial charge in [-0.3, -0.25) is 13.9 Å². The summed E-state index contributed by atoms with van der Waals surface area (Å²) in [4.78, 5) is 27.4. The van der Waals surface area contributed by atoms with Gasteiger partial charge in [0.15, 0.2) is 10.3 Å². The lowest BCUT2D eigenvalue weighted by molar-refractivity contribution is 0.186. The number of nitrogens with one attached hydrogen (secondary N) is 1. The summed E-state index contributed by atoms with van der Waals surface area (Å²) >= 11 is 5.12. The number of fused-ring (bicyclic) bond motifs is 1. The van der Waals surface area contributed by atoms with Gasteiger partial charge in [0.1, 0.15) is 5.65 Å². The molecule has 0 unspecified atom stereocenters. The predicted octanol–water partition coefficient (Wildman–Crippen LogP) is 0.226. The van der Waals surface area contributed by atoms with E-state index in [0.717, 1.165) is 0 Å². The Morgan fingerprint density at radius 2 is 2.00 bits per heavy atom. The average Bonchev–Trinajstić information content (AvgIpc) is 2.66. The Labute approximate surface area is 114 Å². The normalized spacial score (nSPS) is 11.3. The van der Waals surface area contributed by atoms with Crippen LogP contribution in [0.5, 0.6) is 0 Å². The fourth-order valence-electron chi connectivity index (χ4n) is 2.07. The zero-order valence-corrected chi connectivity index (χ0v) is 11.9. The second-order valence-electron chi connectivity index (χ2n) is 4.16. The molecule has 0 aliphatic rings. The molecule has 0 saturated carbocycles. The van der Waals surface area contributed by atoms with E-state index in [1.54, 1.807) is 25.6 Å². The van der Waals surface area contributed by atoms with E-state index in [1.165, 1.54) is 9.13 Å². The first kappa shape index (κ1) is 13.8. The van der Waals surface area contributed by atoms with Crippen molar-refractivity contribution in [3.63, 3.8) is 0 Å². The van der Waals surface area contributed by atoms with E-state index in [0.29, 0.717) is 35.6 Å². The van der Waals surface area contributed by atoms with Crippen LogP contribution in [0.1, 0.15) is 6.92 Å². The van der Waals surface area contributed by atoms with Gasteiger partial charge in [-0.15, -0.1) is 0 Å². The molecule has 0 amide bonds. The molecule has 2 heterocycles. The molecule has 0 aromatic carbocycles. The van der Waals surface area contributed by atoms with Gasteiger partial charge in [-0.2, -0.15) is 0 Å². The van der Waals surface area contributed by atoms with Crippen LogP contribution in [-0.4, -0.2) is 32.4 Å². The van der Waals surface area contributed by atoms with Gasteiger partial charge < -0.3 is 14.3 Å². The quantitative estimate of drug-likeness (QED) is 0.815. The number of aromatic nitrogens is 4. The minimum atomic E-state index is -0.353. The summed E-state index contributed by atoms with van der Waals surface area (Å²) in [5.41, 5.74) is 0.173. The SMILES string of the molecule is CCn1c(=O)c2c([nH]c(=S)n2C)n(CCOC)c1=O.